The molecule has 1 saturated heterocycles. The van der Waals surface area contributed by atoms with Gasteiger partial charge in [0, 0.05) is 11.3 Å². The molecule has 0 unspecified atom stereocenters. The maximum absolute atomic E-state index is 13.9. The molecule has 148 valence electrons. The van der Waals surface area contributed by atoms with Gasteiger partial charge in [-0.25, -0.2) is 4.90 Å². The van der Waals surface area contributed by atoms with Gasteiger partial charge in [0.05, 0.1) is 17.5 Å². The van der Waals surface area contributed by atoms with Crippen molar-refractivity contribution in [1.82, 2.24) is 0 Å². The van der Waals surface area contributed by atoms with E-state index in [1.54, 1.807) is 0 Å². The van der Waals surface area contributed by atoms with Crippen LogP contribution in [0.5, 0.6) is 0 Å². The molecule has 3 heteroatoms. The van der Waals surface area contributed by atoms with Crippen molar-refractivity contribution in [3.8, 4) is 0 Å². The van der Waals surface area contributed by atoms with Gasteiger partial charge >= 0.3 is 0 Å². The molecule has 0 N–H and O–H groups in total. The Labute approximate surface area is 176 Å². The van der Waals surface area contributed by atoms with Crippen LogP contribution in [0.3, 0.4) is 0 Å². The van der Waals surface area contributed by atoms with Crippen LogP contribution in [-0.4, -0.2) is 11.8 Å². The summed E-state index contributed by atoms with van der Waals surface area (Å²) in [4.78, 5) is 29.2. The highest BCUT2D eigenvalue weighted by molar-refractivity contribution is 6.23. The van der Waals surface area contributed by atoms with Crippen LogP contribution < -0.4 is 4.90 Å². The van der Waals surface area contributed by atoms with Crippen molar-refractivity contribution in [1.29, 1.82) is 0 Å². The van der Waals surface area contributed by atoms with Crippen molar-refractivity contribution in [2.75, 3.05) is 4.90 Å². The van der Waals surface area contributed by atoms with E-state index in [2.05, 4.69) is 55.5 Å². The number of hydrogen-bond donors (Lipinski definition) is 0. The van der Waals surface area contributed by atoms with E-state index in [1.165, 1.54) is 27.2 Å². The molecule has 4 aliphatic rings. The number of amides is 2. The Morgan fingerprint density at radius 2 is 1.37 bits per heavy atom. The van der Waals surface area contributed by atoms with Crippen LogP contribution in [0.25, 0.3) is 0 Å². The fourth-order valence-electron chi connectivity index (χ4n) is 6.48. The van der Waals surface area contributed by atoms with E-state index in [0.717, 1.165) is 12.0 Å². The Kier molecular flexibility index (Phi) is 3.48. The van der Waals surface area contributed by atoms with Gasteiger partial charge in [0.25, 0.3) is 0 Å². The maximum atomic E-state index is 13.9. The van der Waals surface area contributed by atoms with Gasteiger partial charge in [-0.3, -0.25) is 9.59 Å². The van der Waals surface area contributed by atoms with Crippen molar-refractivity contribution in [2.24, 2.45) is 11.8 Å². The second kappa shape index (κ2) is 5.91. The molecule has 1 heterocycles. The van der Waals surface area contributed by atoms with Crippen LogP contribution in [0.2, 0.25) is 0 Å². The van der Waals surface area contributed by atoms with Crippen molar-refractivity contribution < 1.29 is 9.59 Å². The summed E-state index contributed by atoms with van der Waals surface area (Å²) in [5, 5.41) is 0. The lowest BCUT2D eigenvalue weighted by Crippen LogP contribution is -2.53. The summed E-state index contributed by atoms with van der Waals surface area (Å²) in [6.45, 7) is 4.17. The highest BCUT2D eigenvalue weighted by Crippen LogP contribution is 2.65. The Hall–Kier alpha value is -3.20. The normalized spacial score (nSPS) is 28.3. The van der Waals surface area contributed by atoms with Gasteiger partial charge in [-0.15, -0.1) is 0 Å². The largest absolute Gasteiger partial charge is 0.274 e. The summed E-state index contributed by atoms with van der Waals surface area (Å²) in [7, 11) is 0. The number of carbonyl (C=O) groups excluding carboxylic acids is 2. The molecule has 1 fully saturated rings. The molecule has 0 radical (unpaired) electrons. The molecular formula is C27H23NO2. The first-order valence-corrected chi connectivity index (χ1v) is 10.7. The third-order valence-corrected chi connectivity index (χ3v) is 7.64. The number of aryl methyl sites for hydroxylation is 1. The molecule has 3 aromatic rings. The summed E-state index contributed by atoms with van der Waals surface area (Å²) < 4.78 is 0. The Morgan fingerprint density at radius 3 is 1.93 bits per heavy atom. The zero-order valence-electron chi connectivity index (χ0n) is 17.1. The van der Waals surface area contributed by atoms with Gasteiger partial charge in [0.1, 0.15) is 0 Å². The van der Waals surface area contributed by atoms with Gasteiger partial charge in [-0.1, -0.05) is 73.2 Å². The first kappa shape index (κ1) is 17.6. The lowest BCUT2D eigenvalue weighted by Gasteiger charge is -2.54. The third kappa shape index (κ3) is 1.91. The highest BCUT2D eigenvalue weighted by atomic mass is 16.2. The van der Waals surface area contributed by atoms with E-state index in [0.29, 0.717) is 5.69 Å². The number of rotatable bonds is 2. The summed E-state index contributed by atoms with van der Waals surface area (Å²) in [6, 6.07) is 24.6. The second-order valence-corrected chi connectivity index (χ2v) is 8.83. The molecule has 3 aromatic carbocycles. The standard InChI is InChI=1S/C27H23NO2/c1-3-27-20-10-6-4-8-18(20)22(19-9-5-7-11-21(19)27)23-24(27)26(30)28(25(23)29)17-14-12-16(2)13-15-17/h4-15,22-24H,3H2,1-2H3/t22?,23-,24+,27?/m1/s1. The molecule has 0 aromatic heterocycles. The van der Waals surface area contributed by atoms with Crippen LogP contribution in [-0.2, 0) is 15.0 Å². The van der Waals surface area contributed by atoms with E-state index < -0.39 is 5.41 Å². The molecule has 0 saturated carbocycles. The number of nitrogens with zero attached hydrogens (tertiary/aromatic N) is 1. The Morgan fingerprint density at radius 1 is 0.800 bits per heavy atom. The van der Waals surface area contributed by atoms with Crippen LogP contribution in [0, 0.1) is 18.8 Å². The fraction of sp³-hybridized carbons (Fsp3) is 0.259. The van der Waals surface area contributed by atoms with Crippen LogP contribution in [0.15, 0.2) is 72.8 Å². The quantitative estimate of drug-likeness (QED) is 0.578. The van der Waals surface area contributed by atoms with Crippen molar-refractivity contribution >= 4 is 17.5 Å². The number of benzene rings is 3. The topological polar surface area (TPSA) is 37.4 Å². The summed E-state index contributed by atoms with van der Waals surface area (Å²) in [5.41, 5.74) is 6.22. The zero-order chi connectivity index (χ0) is 20.6. The maximum Gasteiger partial charge on any atom is 0.238 e. The average Bonchev–Trinajstić information content (AvgIpc) is 3.05. The Bertz CT molecular complexity index is 1160. The van der Waals surface area contributed by atoms with Crippen LogP contribution in [0.4, 0.5) is 5.69 Å². The molecule has 3 nitrogen and oxygen atoms in total. The monoisotopic (exact) mass is 393 g/mol. The number of carbonyl (C=O) groups is 2. The first-order valence-electron chi connectivity index (χ1n) is 10.7. The van der Waals surface area contributed by atoms with Crippen LogP contribution in [0.1, 0.15) is 47.1 Å². The average molecular weight is 393 g/mol. The first-order chi connectivity index (χ1) is 14.6. The lowest BCUT2D eigenvalue weighted by molar-refractivity contribution is -0.123. The highest BCUT2D eigenvalue weighted by Gasteiger charge is 2.67. The molecule has 2 bridgehead atoms. The van der Waals surface area contributed by atoms with E-state index in [4.69, 9.17) is 0 Å². The predicted octanol–water partition coefficient (Wildman–Crippen LogP) is 4.96. The minimum atomic E-state index is -0.460. The third-order valence-electron chi connectivity index (χ3n) is 7.64. The smallest absolute Gasteiger partial charge is 0.238 e. The van der Waals surface area contributed by atoms with Crippen LogP contribution >= 0.6 is 0 Å². The number of imide groups is 1. The summed E-state index contributed by atoms with van der Waals surface area (Å²) in [5.74, 6) is -0.872. The van der Waals surface area contributed by atoms with Crippen molar-refractivity contribution in [3.63, 3.8) is 0 Å². The minimum absolute atomic E-state index is 0.0512. The molecule has 0 spiro atoms. The molecule has 7 rings (SSSR count). The van der Waals surface area contributed by atoms with Gasteiger partial charge in [0.2, 0.25) is 11.8 Å². The van der Waals surface area contributed by atoms with Gasteiger partial charge in [-0.05, 0) is 47.7 Å². The number of anilines is 1. The molecule has 2 atom stereocenters. The fourth-order valence-corrected chi connectivity index (χ4v) is 6.48. The van der Waals surface area contributed by atoms with E-state index in [9.17, 15) is 9.59 Å². The molecular weight excluding hydrogens is 370 g/mol. The Balaban J connectivity index is 1.63. The van der Waals surface area contributed by atoms with E-state index >= 15 is 0 Å². The van der Waals surface area contributed by atoms with Gasteiger partial charge < -0.3 is 0 Å². The molecule has 2 amide bonds. The van der Waals surface area contributed by atoms with Crippen molar-refractivity contribution in [3.05, 3.63) is 101 Å². The number of hydrogen-bond acceptors (Lipinski definition) is 2. The van der Waals surface area contributed by atoms with Crippen molar-refractivity contribution in [2.45, 2.75) is 31.6 Å². The summed E-state index contributed by atoms with van der Waals surface area (Å²) >= 11 is 0. The van der Waals surface area contributed by atoms with Gasteiger partial charge in [-0.2, -0.15) is 0 Å². The molecule has 30 heavy (non-hydrogen) atoms. The second-order valence-electron chi connectivity index (χ2n) is 8.83. The summed E-state index contributed by atoms with van der Waals surface area (Å²) in [6.07, 6.45) is 0.787. The van der Waals surface area contributed by atoms with E-state index in [1.807, 2.05) is 31.2 Å². The zero-order valence-corrected chi connectivity index (χ0v) is 17.1. The lowest BCUT2D eigenvalue weighted by atomic mass is 9.46. The SMILES string of the molecule is CCC12c3ccccc3C(c3ccccc31)[C@H]1C(=O)N(c3ccc(C)cc3)C(=O)[C@H]12. The van der Waals surface area contributed by atoms with E-state index in [-0.39, 0.29) is 29.6 Å². The molecule has 3 aliphatic carbocycles. The van der Waals surface area contributed by atoms with Gasteiger partial charge in [0.15, 0.2) is 0 Å². The minimum Gasteiger partial charge on any atom is -0.274 e. The molecule has 1 aliphatic heterocycles. The predicted molar refractivity (Wildman–Crippen MR) is 116 cm³/mol.